The third-order valence-corrected chi connectivity index (χ3v) is 4.30. The first-order valence-electron chi connectivity index (χ1n) is 7.62. The molecule has 8 heteroatoms. The Balaban J connectivity index is 1.62. The summed E-state index contributed by atoms with van der Waals surface area (Å²) in [4.78, 5) is 12.3. The van der Waals surface area contributed by atoms with Gasteiger partial charge in [0.25, 0.3) is 5.91 Å². The van der Waals surface area contributed by atoms with E-state index >= 15 is 0 Å². The predicted molar refractivity (Wildman–Crippen MR) is 103 cm³/mol. The molecule has 26 heavy (non-hydrogen) atoms. The molecule has 0 saturated carbocycles. The Kier molecular flexibility index (Phi) is 5.80. The van der Waals surface area contributed by atoms with Crippen LogP contribution in [0.2, 0.25) is 5.02 Å². The molecule has 0 bridgehead atoms. The standard InChI is InChI=1S/C18H15BrClN3O3/c1-25-14-4-2-3-13(10-14)21-18(24)16-7-8-23(22-16)11-26-17-6-5-12(20)9-15(17)19/h2-10H,11H2,1H3,(H,21,24). The van der Waals surface area contributed by atoms with Gasteiger partial charge < -0.3 is 14.8 Å². The van der Waals surface area contributed by atoms with Gasteiger partial charge in [-0.3, -0.25) is 4.79 Å². The van der Waals surface area contributed by atoms with E-state index in [9.17, 15) is 4.79 Å². The largest absolute Gasteiger partial charge is 0.497 e. The normalized spacial score (nSPS) is 10.4. The zero-order valence-corrected chi connectivity index (χ0v) is 16.1. The molecule has 0 saturated heterocycles. The van der Waals surface area contributed by atoms with Gasteiger partial charge in [0.2, 0.25) is 0 Å². The van der Waals surface area contributed by atoms with Gasteiger partial charge in [-0.25, -0.2) is 4.68 Å². The molecule has 0 spiro atoms. The molecule has 1 N–H and O–H groups in total. The van der Waals surface area contributed by atoms with Crippen molar-refractivity contribution in [3.63, 3.8) is 0 Å². The van der Waals surface area contributed by atoms with E-state index in [2.05, 4.69) is 26.3 Å². The SMILES string of the molecule is COc1cccc(NC(=O)c2ccn(COc3ccc(Cl)cc3Br)n2)c1. The summed E-state index contributed by atoms with van der Waals surface area (Å²) in [6.45, 7) is 0.159. The van der Waals surface area contributed by atoms with E-state index in [1.54, 1.807) is 61.8 Å². The number of benzene rings is 2. The minimum absolute atomic E-state index is 0.159. The Morgan fingerprint density at radius 1 is 1.27 bits per heavy atom. The van der Waals surface area contributed by atoms with Gasteiger partial charge in [-0.15, -0.1) is 0 Å². The highest BCUT2D eigenvalue weighted by atomic mass is 79.9. The van der Waals surface area contributed by atoms with Gasteiger partial charge in [0.1, 0.15) is 11.5 Å². The summed E-state index contributed by atoms with van der Waals surface area (Å²) < 4.78 is 13.1. The number of halogens is 2. The molecule has 0 aliphatic rings. The quantitative estimate of drug-likeness (QED) is 0.613. The van der Waals surface area contributed by atoms with Crippen LogP contribution in [-0.4, -0.2) is 22.8 Å². The van der Waals surface area contributed by atoms with Crippen molar-refractivity contribution in [2.24, 2.45) is 0 Å². The highest BCUT2D eigenvalue weighted by Crippen LogP contribution is 2.28. The summed E-state index contributed by atoms with van der Waals surface area (Å²) in [5.74, 6) is 0.979. The van der Waals surface area contributed by atoms with Crippen LogP contribution in [0, 0.1) is 0 Å². The highest BCUT2D eigenvalue weighted by Gasteiger charge is 2.11. The van der Waals surface area contributed by atoms with Crippen molar-refractivity contribution in [3.05, 3.63) is 69.9 Å². The molecule has 0 fully saturated rings. The van der Waals surface area contributed by atoms with Gasteiger partial charge in [-0.05, 0) is 52.3 Å². The number of rotatable bonds is 6. The summed E-state index contributed by atoms with van der Waals surface area (Å²) >= 11 is 9.29. The van der Waals surface area contributed by atoms with Gasteiger partial charge in [-0.1, -0.05) is 17.7 Å². The van der Waals surface area contributed by atoms with E-state index in [4.69, 9.17) is 21.1 Å². The van der Waals surface area contributed by atoms with E-state index < -0.39 is 0 Å². The summed E-state index contributed by atoms with van der Waals surface area (Å²) in [6, 6.07) is 14.0. The number of nitrogens with one attached hydrogen (secondary N) is 1. The molecule has 0 unspecified atom stereocenters. The molecule has 6 nitrogen and oxygen atoms in total. The van der Waals surface area contributed by atoms with Crippen LogP contribution in [0.5, 0.6) is 11.5 Å². The number of nitrogens with zero attached hydrogens (tertiary/aromatic N) is 2. The Hall–Kier alpha value is -2.51. The molecule has 1 aromatic heterocycles. The van der Waals surface area contributed by atoms with E-state index in [0.29, 0.717) is 22.2 Å². The van der Waals surface area contributed by atoms with Gasteiger partial charge >= 0.3 is 0 Å². The number of aromatic nitrogens is 2. The van der Waals surface area contributed by atoms with Crippen molar-refractivity contribution in [3.8, 4) is 11.5 Å². The number of ether oxygens (including phenoxy) is 2. The second-order valence-corrected chi connectivity index (χ2v) is 6.57. The molecular formula is C18H15BrClN3O3. The zero-order valence-electron chi connectivity index (χ0n) is 13.8. The number of hydrogen-bond acceptors (Lipinski definition) is 4. The first-order chi connectivity index (χ1) is 12.5. The average molecular weight is 437 g/mol. The number of methoxy groups -OCH3 is 1. The fourth-order valence-electron chi connectivity index (χ4n) is 2.18. The van der Waals surface area contributed by atoms with Gasteiger partial charge in [0, 0.05) is 23.0 Å². The second kappa shape index (κ2) is 8.25. The summed E-state index contributed by atoms with van der Waals surface area (Å²) in [7, 11) is 1.57. The second-order valence-electron chi connectivity index (χ2n) is 5.27. The lowest BCUT2D eigenvalue weighted by atomic mass is 10.3. The third-order valence-electron chi connectivity index (χ3n) is 3.45. The summed E-state index contributed by atoms with van der Waals surface area (Å²) in [5.41, 5.74) is 0.914. The number of amides is 1. The van der Waals surface area contributed by atoms with Crippen molar-refractivity contribution < 1.29 is 14.3 Å². The van der Waals surface area contributed by atoms with Gasteiger partial charge in [0.05, 0.1) is 11.6 Å². The molecule has 0 aliphatic heterocycles. The van der Waals surface area contributed by atoms with Crippen LogP contribution < -0.4 is 14.8 Å². The first kappa shape index (κ1) is 18.3. The topological polar surface area (TPSA) is 65.4 Å². The lowest BCUT2D eigenvalue weighted by Gasteiger charge is -2.08. The lowest BCUT2D eigenvalue weighted by molar-refractivity contribution is 0.102. The third kappa shape index (κ3) is 4.56. The van der Waals surface area contributed by atoms with Gasteiger partial charge in [0.15, 0.2) is 12.4 Å². The van der Waals surface area contributed by atoms with Crippen molar-refractivity contribution in [1.29, 1.82) is 0 Å². The molecule has 0 atom stereocenters. The van der Waals surface area contributed by atoms with E-state index in [1.165, 1.54) is 4.68 Å². The monoisotopic (exact) mass is 435 g/mol. The Labute approximate surface area is 163 Å². The number of carbonyl (C=O) groups is 1. The fraction of sp³-hybridized carbons (Fsp3) is 0.111. The van der Waals surface area contributed by atoms with Crippen LogP contribution in [0.1, 0.15) is 10.5 Å². The fourth-order valence-corrected chi connectivity index (χ4v) is 2.98. The van der Waals surface area contributed by atoms with Crippen LogP contribution in [-0.2, 0) is 6.73 Å². The minimum atomic E-state index is -0.315. The van der Waals surface area contributed by atoms with Crippen molar-refractivity contribution in [2.75, 3.05) is 12.4 Å². The lowest BCUT2D eigenvalue weighted by Crippen LogP contribution is -2.14. The van der Waals surface area contributed by atoms with Crippen molar-refractivity contribution in [1.82, 2.24) is 9.78 Å². The average Bonchev–Trinajstić information content (AvgIpc) is 3.10. The zero-order chi connectivity index (χ0) is 18.5. The molecule has 134 valence electrons. The number of hydrogen-bond donors (Lipinski definition) is 1. The maximum absolute atomic E-state index is 12.3. The molecule has 1 amide bonds. The smallest absolute Gasteiger partial charge is 0.276 e. The summed E-state index contributed by atoms with van der Waals surface area (Å²) in [5, 5.41) is 7.61. The number of anilines is 1. The highest BCUT2D eigenvalue weighted by molar-refractivity contribution is 9.10. The van der Waals surface area contributed by atoms with Crippen LogP contribution in [0.15, 0.2) is 59.2 Å². The maximum atomic E-state index is 12.3. The Morgan fingerprint density at radius 3 is 2.88 bits per heavy atom. The van der Waals surface area contributed by atoms with Crippen LogP contribution in [0.25, 0.3) is 0 Å². The molecule has 1 heterocycles. The van der Waals surface area contributed by atoms with E-state index in [1.807, 2.05) is 0 Å². The van der Waals surface area contributed by atoms with Crippen LogP contribution >= 0.6 is 27.5 Å². The van der Waals surface area contributed by atoms with Crippen molar-refractivity contribution >= 4 is 39.1 Å². The number of carbonyl (C=O) groups excluding carboxylic acids is 1. The summed E-state index contributed by atoms with van der Waals surface area (Å²) in [6.07, 6.45) is 1.67. The molecule has 2 aromatic carbocycles. The minimum Gasteiger partial charge on any atom is -0.497 e. The van der Waals surface area contributed by atoms with E-state index in [0.717, 1.165) is 4.47 Å². The van der Waals surface area contributed by atoms with Crippen LogP contribution in [0.3, 0.4) is 0 Å². The van der Waals surface area contributed by atoms with Gasteiger partial charge in [-0.2, -0.15) is 5.10 Å². The van der Waals surface area contributed by atoms with Crippen molar-refractivity contribution in [2.45, 2.75) is 6.73 Å². The van der Waals surface area contributed by atoms with E-state index in [-0.39, 0.29) is 18.3 Å². The Morgan fingerprint density at radius 2 is 2.12 bits per heavy atom. The molecule has 0 radical (unpaired) electrons. The Bertz CT molecular complexity index is 930. The van der Waals surface area contributed by atoms with Crippen LogP contribution in [0.4, 0.5) is 5.69 Å². The predicted octanol–water partition coefficient (Wildman–Crippen LogP) is 4.60. The first-order valence-corrected chi connectivity index (χ1v) is 8.79. The maximum Gasteiger partial charge on any atom is 0.276 e. The molecular weight excluding hydrogens is 422 g/mol. The molecule has 0 aliphatic carbocycles. The molecule has 3 rings (SSSR count). The molecule has 3 aromatic rings.